The average molecular weight is 274 g/mol. The first-order chi connectivity index (χ1) is 7.81. The van der Waals surface area contributed by atoms with Crippen LogP contribution in [0.2, 0.25) is 0 Å². The Morgan fingerprint density at radius 3 is 2.35 bits per heavy atom. The maximum Gasteiger partial charge on any atom is 0.0469 e. The van der Waals surface area contributed by atoms with Gasteiger partial charge in [-0.3, -0.25) is 0 Å². The number of benzene rings is 1. The number of ether oxygens (including phenoxy) is 1. The number of hydrogen-bond acceptors (Lipinski definition) is 3. The Kier molecular flexibility index (Phi) is 6.34. The zero-order chi connectivity index (χ0) is 11.4. The summed E-state index contributed by atoms with van der Waals surface area (Å²) in [6.07, 6.45) is 4.27. The van der Waals surface area contributed by atoms with Gasteiger partial charge in [0.1, 0.15) is 0 Å². The average Bonchev–Trinajstić information content (AvgIpc) is 2.39. The van der Waals surface area contributed by atoms with Crippen molar-refractivity contribution >= 4 is 24.2 Å². The molecule has 0 bridgehead atoms. The summed E-state index contributed by atoms with van der Waals surface area (Å²) in [5, 5.41) is 0. The molecule has 1 atom stereocenters. The van der Waals surface area contributed by atoms with E-state index in [1.54, 1.807) is 11.8 Å². The topological polar surface area (TPSA) is 35.2 Å². The van der Waals surface area contributed by atoms with Crippen LogP contribution in [0.1, 0.15) is 24.4 Å². The van der Waals surface area contributed by atoms with E-state index in [0.29, 0.717) is 5.92 Å². The molecule has 96 valence electrons. The van der Waals surface area contributed by atoms with Crippen molar-refractivity contribution in [3.8, 4) is 0 Å². The lowest BCUT2D eigenvalue weighted by molar-refractivity contribution is 0.0584. The SMILES string of the molecule is CSc1ccc([C@@H](N)C2CCOCC2)cc1.Cl. The molecule has 0 spiro atoms. The van der Waals surface area contributed by atoms with Gasteiger partial charge in [-0.1, -0.05) is 12.1 Å². The Labute approximate surface area is 114 Å². The summed E-state index contributed by atoms with van der Waals surface area (Å²) in [5.74, 6) is 0.578. The van der Waals surface area contributed by atoms with E-state index in [0.717, 1.165) is 26.1 Å². The van der Waals surface area contributed by atoms with Gasteiger partial charge < -0.3 is 10.5 Å². The molecule has 2 nitrogen and oxygen atoms in total. The maximum atomic E-state index is 6.30. The summed E-state index contributed by atoms with van der Waals surface area (Å²) in [4.78, 5) is 1.29. The zero-order valence-corrected chi connectivity index (χ0v) is 11.7. The first kappa shape index (κ1) is 14.8. The Balaban J connectivity index is 0.00000144. The van der Waals surface area contributed by atoms with E-state index in [-0.39, 0.29) is 18.4 Å². The largest absolute Gasteiger partial charge is 0.381 e. The van der Waals surface area contributed by atoms with Crippen LogP contribution < -0.4 is 5.73 Å². The molecule has 1 aliphatic rings. The number of thioether (sulfide) groups is 1. The predicted molar refractivity (Wildman–Crippen MR) is 75.9 cm³/mol. The summed E-state index contributed by atoms with van der Waals surface area (Å²) in [5.41, 5.74) is 7.55. The van der Waals surface area contributed by atoms with Gasteiger partial charge in [-0.15, -0.1) is 24.2 Å². The Morgan fingerprint density at radius 1 is 1.24 bits per heavy atom. The third-order valence-electron chi connectivity index (χ3n) is 3.27. The van der Waals surface area contributed by atoms with Crippen LogP contribution in [0.3, 0.4) is 0 Å². The van der Waals surface area contributed by atoms with Crippen LogP contribution >= 0.6 is 24.2 Å². The Bertz CT molecular complexity index is 325. The van der Waals surface area contributed by atoms with Crippen molar-refractivity contribution in [3.63, 3.8) is 0 Å². The van der Waals surface area contributed by atoms with Gasteiger partial charge in [-0.25, -0.2) is 0 Å². The lowest BCUT2D eigenvalue weighted by Gasteiger charge is -2.27. The molecule has 0 aliphatic carbocycles. The minimum absolute atomic E-state index is 0. The normalized spacial score (nSPS) is 18.5. The highest BCUT2D eigenvalue weighted by molar-refractivity contribution is 7.98. The van der Waals surface area contributed by atoms with E-state index >= 15 is 0 Å². The molecule has 0 unspecified atom stereocenters. The van der Waals surface area contributed by atoms with Crippen molar-refractivity contribution in [2.24, 2.45) is 11.7 Å². The second kappa shape index (κ2) is 7.27. The third-order valence-corrected chi connectivity index (χ3v) is 4.02. The lowest BCUT2D eigenvalue weighted by Crippen LogP contribution is -2.27. The summed E-state index contributed by atoms with van der Waals surface area (Å²) in [6, 6.07) is 8.79. The van der Waals surface area contributed by atoms with Crippen LogP contribution in [-0.4, -0.2) is 19.5 Å². The van der Waals surface area contributed by atoms with Gasteiger partial charge in [0.25, 0.3) is 0 Å². The Hall–Kier alpha value is -0.220. The van der Waals surface area contributed by atoms with Gasteiger partial charge in [0.15, 0.2) is 0 Å². The molecule has 1 saturated heterocycles. The van der Waals surface area contributed by atoms with Gasteiger partial charge in [0.2, 0.25) is 0 Å². The molecule has 0 radical (unpaired) electrons. The molecule has 0 amide bonds. The van der Waals surface area contributed by atoms with Crippen LogP contribution in [0.4, 0.5) is 0 Å². The second-order valence-corrected chi connectivity index (χ2v) is 5.13. The molecule has 1 aliphatic heterocycles. The second-order valence-electron chi connectivity index (χ2n) is 4.25. The fraction of sp³-hybridized carbons (Fsp3) is 0.538. The van der Waals surface area contributed by atoms with Crippen molar-refractivity contribution < 1.29 is 4.74 Å². The minimum Gasteiger partial charge on any atom is -0.381 e. The van der Waals surface area contributed by atoms with Crippen molar-refractivity contribution in [3.05, 3.63) is 29.8 Å². The maximum absolute atomic E-state index is 6.30. The molecule has 1 aromatic carbocycles. The highest BCUT2D eigenvalue weighted by Gasteiger charge is 2.21. The molecule has 2 rings (SSSR count). The molecule has 17 heavy (non-hydrogen) atoms. The fourth-order valence-corrected chi connectivity index (χ4v) is 2.58. The molecule has 2 N–H and O–H groups in total. The highest BCUT2D eigenvalue weighted by Crippen LogP contribution is 2.28. The van der Waals surface area contributed by atoms with Crippen LogP contribution in [-0.2, 0) is 4.74 Å². The van der Waals surface area contributed by atoms with Crippen LogP contribution in [0.25, 0.3) is 0 Å². The molecule has 0 aromatic heterocycles. The molecule has 0 saturated carbocycles. The number of rotatable bonds is 3. The molecular formula is C13H20ClNOS. The molecular weight excluding hydrogens is 254 g/mol. The number of halogens is 1. The van der Waals surface area contributed by atoms with Gasteiger partial charge >= 0.3 is 0 Å². The smallest absolute Gasteiger partial charge is 0.0469 e. The van der Waals surface area contributed by atoms with E-state index in [4.69, 9.17) is 10.5 Å². The van der Waals surface area contributed by atoms with Crippen molar-refractivity contribution in [1.82, 2.24) is 0 Å². The quantitative estimate of drug-likeness (QED) is 0.859. The van der Waals surface area contributed by atoms with Crippen molar-refractivity contribution in [1.29, 1.82) is 0 Å². The molecule has 1 heterocycles. The van der Waals surface area contributed by atoms with E-state index in [9.17, 15) is 0 Å². The summed E-state index contributed by atoms with van der Waals surface area (Å²) >= 11 is 1.76. The lowest BCUT2D eigenvalue weighted by atomic mass is 9.88. The molecule has 1 aromatic rings. The van der Waals surface area contributed by atoms with Crippen LogP contribution in [0, 0.1) is 5.92 Å². The summed E-state index contributed by atoms with van der Waals surface area (Å²) < 4.78 is 5.36. The van der Waals surface area contributed by atoms with Crippen LogP contribution in [0.15, 0.2) is 29.2 Å². The number of nitrogens with two attached hydrogens (primary N) is 1. The summed E-state index contributed by atoms with van der Waals surface area (Å²) in [7, 11) is 0. The summed E-state index contributed by atoms with van der Waals surface area (Å²) in [6.45, 7) is 1.72. The van der Waals surface area contributed by atoms with E-state index in [2.05, 4.69) is 30.5 Å². The van der Waals surface area contributed by atoms with Crippen LogP contribution in [0.5, 0.6) is 0 Å². The first-order valence-electron chi connectivity index (χ1n) is 5.78. The monoisotopic (exact) mass is 273 g/mol. The molecule has 1 fully saturated rings. The predicted octanol–water partition coefficient (Wildman–Crippen LogP) is 3.26. The van der Waals surface area contributed by atoms with Gasteiger partial charge in [-0.05, 0) is 42.7 Å². The van der Waals surface area contributed by atoms with Gasteiger partial charge in [0, 0.05) is 24.2 Å². The minimum atomic E-state index is 0. The van der Waals surface area contributed by atoms with Crippen molar-refractivity contribution in [2.75, 3.05) is 19.5 Å². The fourth-order valence-electron chi connectivity index (χ4n) is 2.17. The molecule has 4 heteroatoms. The standard InChI is InChI=1S/C13H19NOS.ClH/c1-16-12-4-2-10(3-5-12)13(14)11-6-8-15-9-7-11;/h2-5,11,13H,6-9,14H2,1H3;1H/t13-;/m1./s1. The zero-order valence-electron chi connectivity index (χ0n) is 10.1. The van der Waals surface area contributed by atoms with Crippen molar-refractivity contribution in [2.45, 2.75) is 23.8 Å². The van der Waals surface area contributed by atoms with E-state index in [1.807, 2.05) is 0 Å². The van der Waals surface area contributed by atoms with E-state index < -0.39 is 0 Å². The highest BCUT2D eigenvalue weighted by atomic mass is 35.5. The third kappa shape index (κ3) is 3.88. The van der Waals surface area contributed by atoms with E-state index in [1.165, 1.54) is 10.5 Å². The number of hydrogen-bond donors (Lipinski definition) is 1. The first-order valence-corrected chi connectivity index (χ1v) is 7.01. The Morgan fingerprint density at radius 2 is 1.82 bits per heavy atom. The van der Waals surface area contributed by atoms with Gasteiger partial charge in [0.05, 0.1) is 0 Å². The van der Waals surface area contributed by atoms with Gasteiger partial charge in [-0.2, -0.15) is 0 Å².